The molecule has 2 heterocycles. The van der Waals surface area contributed by atoms with Crippen LogP contribution in [0.1, 0.15) is 32.1 Å². The average molecular weight is 501 g/mol. The van der Waals surface area contributed by atoms with Gasteiger partial charge in [0.2, 0.25) is 15.9 Å². The molecule has 0 bridgehead atoms. The van der Waals surface area contributed by atoms with Crippen molar-refractivity contribution in [2.75, 3.05) is 46.0 Å². The Morgan fingerprint density at radius 3 is 2.38 bits per heavy atom. The zero-order valence-electron chi connectivity index (χ0n) is 15.7. The van der Waals surface area contributed by atoms with Crippen molar-refractivity contribution in [2.45, 2.75) is 32.1 Å². The smallest absolute Gasteiger partial charge is 0.217 e. The SMILES string of the molecule is CN=C(NCC1CCN(S(C)(=O)=O)CC1)N1CCCC(CC(N)=O)C1.I. The molecule has 26 heavy (non-hydrogen) atoms. The second-order valence-corrected chi connectivity index (χ2v) is 9.14. The number of nitrogens with two attached hydrogens (primary N) is 1. The number of amides is 1. The summed E-state index contributed by atoms with van der Waals surface area (Å²) in [5.41, 5.74) is 5.33. The molecule has 1 atom stereocenters. The van der Waals surface area contributed by atoms with Crippen LogP contribution in [0.3, 0.4) is 0 Å². The minimum atomic E-state index is -3.08. The fraction of sp³-hybridized carbons (Fsp3) is 0.875. The maximum atomic E-state index is 11.6. The Bertz CT molecular complexity index is 591. The number of halogens is 1. The van der Waals surface area contributed by atoms with Crippen molar-refractivity contribution in [3.8, 4) is 0 Å². The highest BCUT2D eigenvalue weighted by molar-refractivity contribution is 14.0. The Morgan fingerprint density at radius 1 is 1.19 bits per heavy atom. The van der Waals surface area contributed by atoms with Gasteiger partial charge in [-0.05, 0) is 37.5 Å². The Hall–Kier alpha value is -0.620. The number of carbonyl (C=O) groups is 1. The average Bonchev–Trinajstić information content (AvgIpc) is 2.55. The molecule has 2 saturated heterocycles. The summed E-state index contributed by atoms with van der Waals surface area (Å²) < 4.78 is 24.7. The fourth-order valence-electron chi connectivity index (χ4n) is 3.72. The van der Waals surface area contributed by atoms with E-state index in [1.807, 2.05) is 0 Å². The zero-order valence-corrected chi connectivity index (χ0v) is 18.8. The van der Waals surface area contributed by atoms with Crippen LogP contribution in [0.15, 0.2) is 4.99 Å². The van der Waals surface area contributed by atoms with Crippen molar-refractivity contribution in [3.63, 3.8) is 0 Å². The van der Waals surface area contributed by atoms with Gasteiger partial charge in [-0.3, -0.25) is 9.79 Å². The molecule has 1 amide bonds. The summed E-state index contributed by atoms with van der Waals surface area (Å²) in [6.07, 6.45) is 5.48. The molecule has 0 aromatic carbocycles. The first-order valence-corrected chi connectivity index (χ1v) is 10.8. The van der Waals surface area contributed by atoms with E-state index in [-0.39, 0.29) is 29.9 Å². The van der Waals surface area contributed by atoms with Crippen molar-refractivity contribution in [1.82, 2.24) is 14.5 Å². The summed E-state index contributed by atoms with van der Waals surface area (Å²) in [6.45, 7) is 3.71. The van der Waals surface area contributed by atoms with Crippen LogP contribution in [0.2, 0.25) is 0 Å². The van der Waals surface area contributed by atoms with Gasteiger partial charge in [-0.1, -0.05) is 0 Å². The molecular weight excluding hydrogens is 469 g/mol. The number of hydrogen-bond acceptors (Lipinski definition) is 4. The van der Waals surface area contributed by atoms with Crippen molar-refractivity contribution in [3.05, 3.63) is 0 Å². The lowest BCUT2D eigenvalue weighted by atomic mass is 9.94. The van der Waals surface area contributed by atoms with Crippen LogP contribution in [0.4, 0.5) is 0 Å². The van der Waals surface area contributed by atoms with Gasteiger partial charge in [0.25, 0.3) is 0 Å². The van der Waals surface area contributed by atoms with Crippen LogP contribution in [0.25, 0.3) is 0 Å². The molecule has 2 rings (SSSR count). The molecule has 0 saturated carbocycles. The molecular formula is C16H32IN5O3S. The molecule has 152 valence electrons. The topological polar surface area (TPSA) is 108 Å². The monoisotopic (exact) mass is 501 g/mol. The van der Waals surface area contributed by atoms with E-state index in [1.54, 1.807) is 11.4 Å². The predicted molar refractivity (Wildman–Crippen MR) is 114 cm³/mol. The van der Waals surface area contributed by atoms with Gasteiger partial charge in [0.1, 0.15) is 0 Å². The molecule has 0 radical (unpaired) electrons. The van der Waals surface area contributed by atoms with Crippen molar-refractivity contribution < 1.29 is 13.2 Å². The number of likely N-dealkylation sites (tertiary alicyclic amines) is 1. The van der Waals surface area contributed by atoms with Crippen molar-refractivity contribution >= 4 is 45.9 Å². The molecule has 2 aliphatic heterocycles. The molecule has 0 aliphatic carbocycles. The van der Waals surface area contributed by atoms with Crippen molar-refractivity contribution in [2.24, 2.45) is 22.6 Å². The molecule has 0 aromatic heterocycles. The number of carbonyl (C=O) groups excluding carboxylic acids is 1. The Kier molecular flexibility index (Phi) is 9.59. The summed E-state index contributed by atoms with van der Waals surface area (Å²) in [5, 5.41) is 3.43. The molecule has 0 aromatic rings. The standard InChI is InChI=1S/C16H31N5O3S.HI/c1-18-16(20-7-3-4-14(12-20)10-15(17)22)19-11-13-5-8-21(9-6-13)25(2,23)24;/h13-14H,3-12H2,1-2H3,(H2,17,22)(H,18,19);1H. The first-order chi connectivity index (χ1) is 11.8. The quantitative estimate of drug-likeness (QED) is 0.323. The molecule has 2 aliphatic rings. The third-order valence-corrected chi connectivity index (χ3v) is 6.41. The van der Waals surface area contributed by atoms with Crippen LogP contribution in [0, 0.1) is 11.8 Å². The van der Waals surface area contributed by atoms with E-state index >= 15 is 0 Å². The van der Waals surface area contributed by atoms with E-state index in [0.717, 1.165) is 51.3 Å². The van der Waals surface area contributed by atoms with Crippen LogP contribution in [0.5, 0.6) is 0 Å². The first-order valence-electron chi connectivity index (χ1n) is 8.98. The number of guanidine groups is 1. The van der Waals surface area contributed by atoms with Crippen LogP contribution in [-0.4, -0.2) is 75.5 Å². The maximum absolute atomic E-state index is 11.6. The normalized spacial score (nSPS) is 23.4. The largest absolute Gasteiger partial charge is 0.370 e. The van der Waals surface area contributed by atoms with Crippen LogP contribution in [-0.2, 0) is 14.8 Å². The van der Waals surface area contributed by atoms with Gasteiger partial charge in [-0.15, -0.1) is 24.0 Å². The summed E-state index contributed by atoms with van der Waals surface area (Å²) >= 11 is 0. The molecule has 10 heteroatoms. The fourth-order valence-corrected chi connectivity index (χ4v) is 4.60. The second kappa shape index (κ2) is 10.6. The lowest BCUT2D eigenvalue weighted by Crippen LogP contribution is -2.49. The maximum Gasteiger partial charge on any atom is 0.217 e. The highest BCUT2D eigenvalue weighted by atomic mass is 127. The molecule has 0 spiro atoms. The van der Waals surface area contributed by atoms with Gasteiger partial charge in [-0.2, -0.15) is 0 Å². The van der Waals surface area contributed by atoms with E-state index in [9.17, 15) is 13.2 Å². The Labute approximate surface area is 174 Å². The lowest BCUT2D eigenvalue weighted by molar-refractivity contribution is -0.119. The number of hydrogen-bond donors (Lipinski definition) is 2. The van der Waals surface area contributed by atoms with Gasteiger partial charge in [0, 0.05) is 46.2 Å². The van der Waals surface area contributed by atoms with Gasteiger partial charge >= 0.3 is 0 Å². The summed E-state index contributed by atoms with van der Waals surface area (Å²) in [5.74, 6) is 1.36. The third kappa shape index (κ3) is 7.18. The number of aliphatic imine (C=N–C) groups is 1. The summed E-state index contributed by atoms with van der Waals surface area (Å²) in [4.78, 5) is 17.7. The highest BCUT2D eigenvalue weighted by Gasteiger charge is 2.26. The molecule has 2 fully saturated rings. The summed E-state index contributed by atoms with van der Waals surface area (Å²) in [6, 6.07) is 0. The zero-order chi connectivity index (χ0) is 18.4. The Balaban J connectivity index is 0.00000338. The van der Waals surface area contributed by atoms with Gasteiger partial charge in [-0.25, -0.2) is 12.7 Å². The van der Waals surface area contributed by atoms with E-state index in [0.29, 0.717) is 31.3 Å². The van der Waals surface area contributed by atoms with Crippen LogP contribution >= 0.6 is 24.0 Å². The van der Waals surface area contributed by atoms with E-state index in [2.05, 4.69) is 15.2 Å². The summed E-state index contributed by atoms with van der Waals surface area (Å²) in [7, 11) is -1.31. The number of rotatable bonds is 5. The van der Waals surface area contributed by atoms with Gasteiger partial charge < -0.3 is 16.0 Å². The van der Waals surface area contributed by atoms with Gasteiger partial charge in [0.15, 0.2) is 5.96 Å². The second-order valence-electron chi connectivity index (χ2n) is 7.16. The van der Waals surface area contributed by atoms with E-state index in [1.165, 1.54) is 6.26 Å². The van der Waals surface area contributed by atoms with Crippen LogP contribution < -0.4 is 11.1 Å². The minimum Gasteiger partial charge on any atom is -0.370 e. The Morgan fingerprint density at radius 2 is 1.85 bits per heavy atom. The highest BCUT2D eigenvalue weighted by Crippen LogP contribution is 2.21. The third-order valence-electron chi connectivity index (χ3n) is 5.11. The van der Waals surface area contributed by atoms with Crippen molar-refractivity contribution in [1.29, 1.82) is 0 Å². The van der Waals surface area contributed by atoms with Gasteiger partial charge in [0.05, 0.1) is 6.26 Å². The van der Waals surface area contributed by atoms with E-state index < -0.39 is 10.0 Å². The number of primary amides is 1. The number of nitrogens with one attached hydrogen (secondary N) is 1. The van der Waals surface area contributed by atoms with E-state index in [4.69, 9.17) is 5.73 Å². The molecule has 8 nitrogen and oxygen atoms in total. The predicted octanol–water partition coefficient (Wildman–Crippen LogP) is 0.439. The molecule has 3 N–H and O–H groups in total. The minimum absolute atomic E-state index is 0. The first kappa shape index (κ1) is 23.4. The number of nitrogens with zero attached hydrogens (tertiary/aromatic N) is 3. The number of piperidine rings is 2. The number of sulfonamides is 1. The molecule has 1 unspecified atom stereocenters. The lowest BCUT2D eigenvalue weighted by Gasteiger charge is -2.36.